The first kappa shape index (κ1) is 14.3. The number of esters is 1. The van der Waals surface area contributed by atoms with Gasteiger partial charge in [0.15, 0.2) is 0 Å². The van der Waals surface area contributed by atoms with Crippen molar-refractivity contribution >= 4 is 34.6 Å². The van der Waals surface area contributed by atoms with E-state index in [0.29, 0.717) is 17.7 Å². The number of aromatic carboxylic acids is 1. The predicted octanol–water partition coefficient (Wildman–Crippen LogP) is 1.98. The second-order valence-electron chi connectivity index (χ2n) is 3.89. The number of nitrogens with zero attached hydrogens (tertiary/aromatic N) is 2. The average molecular weight is 292 g/mol. The van der Waals surface area contributed by atoms with Crippen molar-refractivity contribution in [1.82, 2.24) is 9.97 Å². The van der Waals surface area contributed by atoms with Crippen LogP contribution in [-0.2, 0) is 9.53 Å². The molecule has 20 heavy (non-hydrogen) atoms. The summed E-state index contributed by atoms with van der Waals surface area (Å²) < 4.78 is 4.57. The number of hydrogen-bond acceptors (Lipinski definition) is 6. The number of fused-ring (bicyclic) bond motifs is 1. The lowest BCUT2D eigenvalue weighted by atomic mass is 10.1. The molecule has 2 rings (SSSR count). The first-order valence-electron chi connectivity index (χ1n) is 5.79. The van der Waals surface area contributed by atoms with Crippen molar-refractivity contribution < 1.29 is 19.4 Å². The molecule has 0 fully saturated rings. The summed E-state index contributed by atoms with van der Waals surface area (Å²) in [6.45, 7) is 0. The monoisotopic (exact) mass is 292 g/mol. The Balaban J connectivity index is 2.21. The number of hydrogen-bond donors (Lipinski definition) is 1. The van der Waals surface area contributed by atoms with Crippen LogP contribution in [0.25, 0.3) is 10.9 Å². The van der Waals surface area contributed by atoms with E-state index in [2.05, 4.69) is 14.7 Å². The fraction of sp³-hybridized carbons (Fsp3) is 0.231. The maximum atomic E-state index is 11.1. The lowest BCUT2D eigenvalue weighted by Crippen LogP contribution is -2.01. The summed E-state index contributed by atoms with van der Waals surface area (Å²) in [5.74, 6) is -0.728. The number of carbonyl (C=O) groups excluding carboxylic acids is 1. The third-order valence-electron chi connectivity index (χ3n) is 2.62. The number of thioether (sulfide) groups is 1. The van der Waals surface area contributed by atoms with Crippen molar-refractivity contribution in [3.05, 3.63) is 30.1 Å². The molecule has 2 aromatic rings. The molecule has 0 radical (unpaired) electrons. The van der Waals surface area contributed by atoms with E-state index in [4.69, 9.17) is 5.11 Å². The molecule has 0 atom stereocenters. The second kappa shape index (κ2) is 6.33. The SMILES string of the molecule is COC(=O)CCSc1ncnc2cc(C(=O)O)ccc12. The topological polar surface area (TPSA) is 89.4 Å². The van der Waals surface area contributed by atoms with Crippen molar-refractivity contribution in [3.63, 3.8) is 0 Å². The highest BCUT2D eigenvalue weighted by molar-refractivity contribution is 7.99. The molecule has 6 nitrogen and oxygen atoms in total. The van der Waals surface area contributed by atoms with E-state index in [1.54, 1.807) is 6.07 Å². The van der Waals surface area contributed by atoms with Gasteiger partial charge in [-0.05, 0) is 18.2 Å². The third kappa shape index (κ3) is 3.24. The molecule has 1 N–H and O–H groups in total. The number of aromatic nitrogens is 2. The van der Waals surface area contributed by atoms with Gasteiger partial charge in [-0.2, -0.15) is 0 Å². The largest absolute Gasteiger partial charge is 0.478 e. The first-order valence-corrected chi connectivity index (χ1v) is 6.78. The number of rotatable bonds is 5. The molecular formula is C13H12N2O4S. The van der Waals surface area contributed by atoms with Crippen molar-refractivity contribution in [2.45, 2.75) is 11.4 Å². The van der Waals surface area contributed by atoms with Crippen LogP contribution >= 0.6 is 11.8 Å². The van der Waals surface area contributed by atoms with Crippen LogP contribution in [0.1, 0.15) is 16.8 Å². The van der Waals surface area contributed by atoms with Gasteiger partial charge in [0.2, 0.25) is 0 Å². The van der Waals surface area contributed by atoms with Crippen molar-refractivity contribution in [3.8, 4) is 0 Å². The summed E-state index contributed by atoms with van der Waals surface area (Å²) in [4.78, 5) is 30.2. The number of benzene rings is 1. The Morgan fingerprint density at radius 2 is 2.15 bits per heavy atom. The molecule has 0 aliphatic rings. The van der Waals surface area contributed by atoms with Gasteiger partial charge in [0.05, 0.1) is 24.6 Å². The van der Waals surface area contributed by atoms with Gasteiger partial charge in [-0.15, -0.1) is 11.8 Å². The summed E-state index contributed by atoms with van der Waals surface area (Å²) >= 11 is 1.41. The molecule has 0 bridgehead atoms. The summed E-state index contributed by atoms with van der Waals surface area (Å²) in [5.41, 5.74) is 0.752. The molecular weight excluding hydrogens is 280 g/mol. The van der Waals surface area contributed by atoms with E-state index in [0.717, 1.165) is 10.4 Å². The molecule has 0 saturated carbocycles. The molecule has 7 heteroatoms. The summed E-state index contributed by atoms with van der Waals surface area (Å²) in [7, 11) is 1.35. The molecule has 0 aliphatic carbocycles. The molecule has 1 aromatic carbocycles. The Hall–Kier alpha value is -2.15. The number of methoxy groups -OCH3 is 1. The zero-order chi connectivity index (χ0) is 14.5. The van der Waals surface area contributed by atoms with Gasteiger partial charge >= 0.3 is 11.9 Å². The van der Waals surface area contributed by atoms with E-state index >= 15 is 0 Å². The Kier molecular flexibility index (Phi) is 4.52. The fourth-order valence-corrected chi connectivity index (χ4v) is 2.53. The standard InChI is InChI=1S/C13H12N2O4S/c1-19-11(16)4-5-20-12-9-3-2-8(13(17)18)6-10(9)14-7-15-12/h2-3,6-7H,4-5H2,1H3,(H,17,18). The Labute approximate surface area is 119 Å². The minimum atomic E-state index is -0.995. The zero-order valence-corrected chi connectivity index (χ0v) is 11.5. The van der Waals surface area contributed by atoms with Crippen molar-refractivity contribution in [2.75, 3.05) is 12.9 Å². The van der Waals surface area contributed by atoms with E-state index < -0.39 is 5.97 Å². The van der Waals surface area contributed by atoms with Crippen LogP contribution in [0.5, 0.6) is 0 Å². The van der Waals surface area contributed by atoms with Gasteiger partial charge in [0, 0.05) is 11.1 Å². The highest BCUT2D eigenvalue weighted by atomic mass is 32.2. The van der Waals surface area contributed by atoms with Gasteiger partial charge in [0.25, 0.3) is 0 Å². The van der Waals surface area contributed by atoms with Crippen LogP contribution in [0.3, 0.4) is 0 Å². The third-order valence-corrected chi connectivity index (χ3v) is 3.63. The lowest BCUT2D eigenvalue weighted by molar-refractivity contribution is -0.140. The Morgan fingerprint density at radius 3 is 2.85 bits per heavy atom. The minimum Gasteiger partial charge on any atom is -0.478 e. The summed E-state index contributed by atoms with van der Waals surface area (Å²) in [5, 5.41) is 10.4. The number of ether oxygens (including phenoxy) is 1. The van der Waals surface area contributed by atoms with Crippen LogP contribution in [0.4, 0.5) is 0 Å². The second-order valence-corrected chi connectivity index (χ2v) is 4.97. The minimum absolute atomic E-state index is 0.182. The van der Waals surface area contributed by atoms with Gasteiger partial charge in [-0.3, -0.25) is 4.79 Å². The summed E-state index contributed by atoms with van der Waals surface area (Å²) in [6, 6.07) is 4.70. The molecule has 0 amide bonds. The highest BCUT2D eigenvalue weighted by Crippen LogP contribution is 2.25. The molecule has 1 heterocycles. The molecule has 0 unspecified atom stereocenters. The van der Waals surface area contributed by atoms with Crippen LogP contribution in [-0.4, -0.2) is 39.9 Å². The quantitative estimate of drug-likeness (QED) is 0.512. The van der Waals surface area contributed by atoms with Crippen LogP contribution in [0.15, 0.2) is 29.6 Å². The zero-order valence-electron chi connectivity index (χ0n) is 10.7. The summed E-state index contributed by atoms with van der Waals surface area (Å²) in [6.07, 6.45) is 1.67. The molecule has 0 spiro atoms. The number of carboxylic acid groups (broad SMARTS) is 1. The fourth-order valence-electron chi connectivity index (χ4n) is 1.61. The van der Waals surface area contributed by atoms with E-state index in [1.807, 2.05) is 0 Å². The normalized spacial score (nSPS) is 10.4. The Bertz CT molecular complexity index is 660. The van der Waals surface area contributed by atoms with Gasteiger partial charge < -0.3 is 9.84 Å². The molecule has 0 saturated heterocycles. The highest BCUT2D eigenvalue weighted by Gasteiger charge is 2.09. The number of carboxylic acids is 1. The lowest BCUT2D eigenvalue weighted by Gasteiger charge is -2.05. The maximum Gasteiger partial charge on any atom is 0.335 e. The van der Waals surface area contributed by atoms with Crippen LogP contribution < -0.4 is 0 Å². The molecule has 0 aliphatic heterocycles. The smallest absolute Gasteiger partial charge is 0.335 e. The number of carbonyl (C=O) groups is 2. The maximum absolute atomic E-state index is 11.1. The molecule has 104 valence electrons. The van der Waals surface area contributed by atoms with Crippen LogP contribution in [0, 0.1) is 0 Å². The average Bonchev–Trinajstić information content (AvgIpc) is 2.46. The molecule has 1 aromatic heterocycles. The van der Waals surface area contributed by atoms with E-state index in [1.165, 1.54) is 37.3 Å². The van der Waals surface area contributed by atoms with Crippen molar-refractivity contribution in [1.29, 1.82) is 0 Å². The van der Waals surface area contributed by atoms with Gasteiger partial charge in [-0.1, -0.05) is 0 Å². The first-order chi connectivity index (χ1) is 9.61. The Morgan fingerprint density at radius 1 is 1.35 bits per heavy atom. The van der Waals surface area contributed by atoms with Crippen molar-refractivity contribution in [2.24, 2.45) is 0 Å². The predicted molar refractivity (Wildman–Crippen MR) is 73.9 cm³/mol. The van der Waals surface area contributed by atoms with Gasteiger partial charge in [-0.25, -0.2) is 14.8 Å². The van der Waals surface area contributed by atoms with Crippen LogP contribution in [0.2, 0.25) is 0 Å². The van der Waals surface area contributed by atoms with E-state index in [-0.39, 0.29) is 11.5 Å². The van der Waals surface area contributed by atoms with Gasteiger partial charge in [0.1, 0.15) is 11.4 Å². The van der Waals surface area contributed by atoms with E-state index in [9.17, 15) is 9.59 Å².